The number of rotatable bonds is 69. The highest BCUT2D eigenvalue weighted by Gasteiger charge is 2.27. The quantitative estimate of drug-likeness (QED) is 0.0212. The van der Waals surface area contributed by atoms with Gasteiger partial charge < -0.3 is 28.5 Å². The molecule has 0 aromatic heterocycles. The molecule has 3 atom stereocenters. The number of hydrogen-bond donors (Lipinski definition) is 1. The number of hydrogen-bond acceptors (Lipinski definition) is 7. The lowest BCUT2D eigenvalue weighted by Gasteiger charge is -2.30. The molecular weight excluding hydrogens is 1100 g/mol. The highest BCUT2D eigenvalue weighted by Crippen LogP contribution is 2.38. The Bertz CT molecular complexity index is 1670. The summed E-state index contributed by atoms with van der Waals surface area (Å²) < 4.78 is 30.5. The molecule has 0 saturated carbocycles. The molecule has 0 aliphatic carbocycles. The molecule has 0 heterocycles. The van der Waals surface area contributed by atoms with E-state index in [-0.39, 0.29) is 31.5 Å². The molecule has 0 saturated heterocycles. The van der Waals surface area contributed by atoms with Crippen molar-refractivity contribution < 1.29 is 37.3 Å². The molecular formula is C77H145N2O7P. The molecule has 510 valence electrons. The number of unbranched alkanes of at least 4 members (excludes halogenated alkanes) is 45. The maximum absolute atomic E-state index is 13.6. The first-order valence-electron chi connectivity index (χ1n) is 37.6. The van der Waals surface area contributed by atoms with E-state index in [2.05, 4.69) is 74.7 Å². The van der Waals surface area contributed by atoms with Crippen molar-refractivity contribution in [2.24, 2.45) is 0 Å². The third kappa shape index (κ3) is 67.9. The van der Waals surface area contributed by atoms with Crippen LogP contribution in [0.1, 0.15) is 367 Å². The van der Waals surface area contributed by atoms with E-state index in [0.717, 1.165) is 70.6 Å². The Morgan fingerprint density at radius 3 is 1.08 bits per heavy atom. The second-order valence-electron chi connectivity index (χ2n) is 26.8. The van der Waals surface area contributed by atoms with E-state index in [0.29, 0.717) is 17.4 Å². The van der Waals surface area contributed by atoms with E-state index in [9.17, 15) is 19.0 Å². The molecule has 10 heteroatoms. The van der Waals surface area contributed by atoms with E-state index < -0.39 is 20.0 Å². The minimum absolute atomic E-state index is 0.0223. The molecule has 0 radical (unpaired) electrons. The van der Waals surface area contributed by atoms with Gasteiger partial charge in [0.15, 0.2) is 0 Å². The number of phosphoric acid groups is 1. The molecule has 0 aliphatic rings. The average Bonchev–Trinajstić information content (AvgIpc) is 3.70. The molecule has 3 unspecified atom stereocenters. The number of ether oxygens (including phenoxy) is 1. The summed E-state index contributed by atoms with van der Waals surface area (Å²) in [5.41, 5.74) is 0. The highest BCUT2D eigenvalue weighted by atomic mass is 31.2. The summed E-state index contributed by atoms with van der Waals surface area (Å²) in [7, 11) is 1.19. The molecule has 0 fully saturated rings. The topological polar surface area (TPSA) is 114 Å². The first-order chi connectivity index (χ1) is 42.4. The number of esters is 1. The molecule has 0 aliphatic heterocycles. The fraction of sp³-hybridized carbons (Fsp3) is 0.844. The van der Waals surface area contributed by atoms with Gasteiger partial charge in [0.1, 0.15) is 19.3 Å². The lowest BCUT2D eigenvalue weighted by atomic mass is 10.0. The van der Waals surface area contributed by atoms with Crippen molar-refractivity contribution in [1.29, 1.82) is 0 Å². The van der Waals surface area contributed by atoms with E-state index in [4.69, 9.17) is 13.8 Å². The molecule has 0 rings (SSSR count). The van der Waals surface area contributed by atoms with Crippen molar-refractivity contribution in [3.63, 3.8) is 0 Å². The van der Waals surface area contributed by atoms with Crippen LogP contribution in [0.2, 0.25) is 0 Å². The summed E-state index contributed by atoms with van der Waals surface area (Å²) in [6.07, 6.45) is 86.3. The standard InChI is InChI=1S/C77H145N2O7P/c1-7-10-13-16-19-22-25-28-30-32-34-36-38-39-41-42-44-46-48-51-54-57-60-63-66-69-76(80)78-74(73-85-87(82,83)84-72-71-79(4,5)6)75(68-65-62-59-56-53-50-27-24-21-18-15-12-9-3)86-77(81)70-67-64-61-58-55-52-49-47-45-43-40-37-35-33-31-29-26-23-20-17-14-11-8-2/h20,23,28-31,35,37,65,68,74-75H,7-19,21-22,24-27,32-34,36,38-64,66-67,69-73H2,1-6H3,(H-,78,80,82,83)/b23-20-,30-28+,31-29-,37-35-,68-65+. The molecule has 87 heavy (non-hydrogen) atoms. The molecule has 0 spiro atoms. The summed E-state index contributed by atoms with van der Waals surface area (Å²) in [4.78, 5) is 40.3. The van der Waals surface area contributed by atoms with Gasteiger partial charge >= 0.3 is 5.97 Å². The van der Waals surface area contributed by atoms with Crippen LogP contribution in [0, 0.1) is 0 Å². The zero-order chi connectivity index (χ0) is 63.5. The van der Waals surface area contributed by atoms with Crippen molar-refractivity contribution in [2.45, 2.75) is 380 Å². The SMILES string of the molecule is CCCCC/C=C\C/C=C\C/C=C\CCCCCCCCCCCCC(=O)OC(/C=C/CCCCCCCCCCCCC)C(COP(=O)([O-])OCC[N+](C)(C)C)NC(=O)CCCCCCCCCCCCCCCCC/C=C/CCCCCCCC. The van der Waals surface area contributed by atoms with E-state index in [1.54, 1.807) is 0 Å². The predicted octanol–water partition coefficient (Wildman–Crippen LogP) is 23.5. The normalized spacial score (nSPS) is 13.8. The van der Waals surface area contributed by atoms with Gasteiger partial charge in [-0.3, -0.25) is 14.2 Å². The Balaban J connectivity index is 5.04. The summed E-state index contributed by atoms with van der Waals surface area (Å²) in [6.45, 7) is 6.87. The first-order valence-corrected chi connectivity index (χ1v) is 39.1. The number of allylic oxidation sites excluding steroid dienone is 9. The minimum atomic E-state index is -4.71. The Kier molecular flexibility index (Phi) is 64.9. The Morgan fingerprint density at radius 2 is 0.701 bits per heavy atom. The smallest absolute Gasteiger partial charge is 0.306 e. The average molecular weight is 1240 g/mol. The lowest BCUT2D eigenvalue weighted by Crippen LogP contribution is -2.47. The third-order valence-corrected chi connectivity index (χ3v) is 17.9. The van der Waals surface area contributed by atoms with E-state index >= 15 is 0 Å². The number of amides is 1. The molecule has 0 aromatic rings. The number of likely N-dealkylation sites (N-methyl/N-ethyl adjacent to an activating group) is 1. The summed E-state index contributed by atoms with van der Waals surface area (Å²) in [5.74, 6) is -0.529. The van der Waals surface area contributed by atoms with Gasteiger partial charge in [0.25, 0.3) is 7.82 Å². The number of carbonyl (C=O) groups excluding carboxylic acids is 2. The van der Waals surface area contributed by atoms with Gasteiger partial charge in [-0.1, -0.05) is 319 Å². The van der Waals surface area contributed by atoms with Gasteiger partial charge in [-0.2, -0.15) is 0 Å². The van der Waals surface area contributed by atoms with Crippen LogP contribution >= 0.6 is 7.82 Å². The van der Waals surface area contributed by atoms with Gasteiger partial charge in [0, 0.05) is 12.8 Å². The third-order valence-electron chi connectivity index (χ3n) is 16.9. The Labute approximate surface area is 541 Å². The fourth-order valence-corrected chi connectivity index (χ4v) is 11.8. The second-order valence-corrected chi connectivity index (χ2v) is 28.2. The minimum Gasteiger partial charge on any atom is -0.756 e. The largest absolute Gasteiger partial charge is 0.756 e. The van der Waals surface area contributed by atoms with Crippen LogP contribution in [0.3, 0.4) is 0 Å². The van der Waals surface area contributed by atoms with E-state index in [1.807, 2.05) is 33.3 Å². The number of nitrogens with one attached hydrogen (secondary N) is 1. The summed E-state index contributed by atoms with van der Waals surface area (Å²) >= 11 is 0. The number of phosphoric ester groups is 1. The molecule has 0 aromatic carbocycles. The Morgan fingerprint density at radius 1 is 0.402 bits per heavy atom. The van der Waals surface area contributed by atoms with Gasteiger partial charge in [-0.25, -0.2) is 0 Å². The highest BCUT2D eigenvalue weighted by molar-refractivity contribution is 7.45. The van der Waals surface area contributed by atoms with E-state index in [1.165, 1.54) is 263 Å². The van der Waals surface area contributed by atoms with Crippen LogP contribution in [0.25, 0.3) is 0 Å². The van der Waals surface area contributed by atoms with Crippen LogP contribution < -0.4 is 10.2 Å². The van der Waals surface area contributed by atoms with Gasteiger partial charge in [0.2, 0.25) is 5.91 Å². The van der Waals surface area contributed by atoms with Crippen LogP contribution in [0.15, 0.2) is 60.8 Å². The van der Waals surface area contributed by atoms with Crippen molar-refractivity contribution in [3.8, 4) is 0 Å². The number of nitrogens with zero attached hydrogens (tertiary/aromatic N) is 1. The number of carbonyl (C=O) groups is 2. The zero-order valence-corrected chi connectivity index (χ0v) is 59.4. The van der Waals surface area contributed by atoms with Gasteiger partial charge in [-0.15, -0.1) is 0 Å². The van der Waals surface area contributed by atoms with Crippen molar-refractivity contribution >= 4 is 19.7 Å². The molecule has 0 bridgehead atoms. The number of quaternary nitrogens is 1. The van der Waals surface area contributed by atoms with Crippen molar-refractivity contribution in [2.75, 3.05) is 40.9 Å². The summed E-state index contributed by atoms with van der Waals surface area (Å²) in [5, 5.41) is 3.05. The van der Waals surface area contributed by atoms with Crippen molar-refractivity contribution in [3.05, 3.63) is 60.8 Å². The lowest BCUT2D eigenvalue weighted by molar-refractivity contribution is -0.870. The van der Waals surface area contributed by atoms with Crippen molar-refractivity contribution in [1.82, 2.24) is 5.32 Å². The van der Waals surface area contributed by atoms with Crippen LogP contribution in [0.5, 0.6) is 0 Å². The zero-order valence-electron chi connectivity index (χ0n) is 58.5. The molecule has 1 N–H and O–H groups in total. The maximum Gasteiger partial charge on any atom is 0.306 e. The molecule has 1 amide bonds. The van der Waals surface area contributed by atoms with Gasteiger partial charge in [-0.05, 0) is 96.0 Å². The fourth-order valence-electron chi connectivity index (χ4n) is 11.1. The first kappa shape index (κ1) is 84.7. The monoisotopic (exact) mass is 1240 g/mol. The maximum atomic E-state index is 13.6. The summed E-state index contributed by atoms with van der Waals surface area (Å²) in [6, 6.07) is -0.891. The van der Waals surface area contributed by atoms with Crippen LogP contribution in [-0.4, -0.2) is 69.4 Å². The second kappa shape index (κ2) is 66.6. The molecule has 9 nitrogen and oxygen atoms in total. The van der Waals surface area contributed by atoms with Gasteiger partial charge in [0.05, 0.1) is 33.8 Å². The predicted molar refractivity (Wildman–Crippen MR) is 376 cm³/mol. The van der Waals surface area contributed by atoms with Crippen LogP contribution in [0.4, 0.5) is 0 Å². The van der Waals surface area contributed by atoms with Crippen LogP contribution in [-0.2, 0) is 27.9 Å². The Hall–Kier alpha value is -2.29.